The number of aryl methyl sites for hydroxylation is 2. The topological polar surface area (TPSA) is 75.7 Å². The number of hydrogen-bond donors (Lipinski definition) is 1. The highest BCUT2D eigenvalue weighted by Crippen LogP contribution is 2.18. The molecule has 1 heterocycles. The van der Waals surface area contributed by atoms with Gasteiger partial charge in [0.1, 0.15) is 12.9 Å². The summed E-state index contributed by atoms with van der Waals surface area (Å²) in [5.41, 5.74) is 4.10. The van der Waals surface area contributed by atoms with Crippen LogP contribution < -0.4 is 5.32 Å². The number of nitrogens with one attached hydrogen (secondary N) is 1. The zero-order valence-electron chi connectivity index (χ0n) is 19.3. The lowest BCUT2D eigenvalue weighted by Crippen LogP contribution is -2.41. The molecule has 0 bridgehead atoms. The van der Waals surface area contributed by atoms with Crippen molar-refractivity contribution in [2.24, 2.45) is 5.92 Å². The highest BCUT2D eigenvalue weighted by molar-refractivity contribution is 5.94. The molecule has 6 heteroatoms. The Morgan fingerprint density at radius 2 is 1.59 bits per heavy atom. The van der Waals surface area contributed by atoms with E-state index in [0.717, 1.165) is 31.1 Å². The van der Waals surface area contributed by atoms with Crippen LogP contribution in [0.15, 0.2) is 48.5 Å². The first-order valence-corrected chi connectivity index (χ1v) is 11.2. The molecule has 2 aromatic rings. The first kappa shape index (κ1) is 25.1. The van der Waals surface area contributed by atoms with Crippen molar-refractivity contribution in [1.29, 1.82) is 0 Å². The summed E-state index contributed by atoms with van der Waals surface area (Å²) in [6.45, 7) is 7.84. The monoisotopic (exact) mass is 438 g/mol. The van der Waals surface area contributed by atoms with E-state index in [1.807, 2.05) is 55.5 Å². The number of likely N-dealkylation sites (tertiary alicyclic amines) is 1. The summed E-state index contributed by atoms with van der Waals surface area (Å²) in [5.74, 6) is 0.350. The fraction of sp³-hybridized carbons (Fsp3) is 0.423. The van der Waals surface area contributed by atoms with Gasteiger partial charge >= 0.3 is 6.09 Å². The molecule has 0 aliphatic carbocycles. The largest absolute Gasteiger partial charge is 0.445 e. The number of carbonyl (C=O) groups excluding carboxylic acids is 3. The summed E-state index contributed by atoms with van der Waals surface area (Å²) in [7, 11) is 0. The van der Waals surface area contributed by atoms with Gasteiger partial charge in [0.05, 0.1) is 0 Å². The quantitative estimate of drug-likeness (QED) is 0.672. The minimum absolute atomic E-state index is 0.0346. The van der Waals surface area contributed by atoms with Gasteiger partial charge in [0, 0.05) is 25.2 Å². The molecule has 1 aliphatic rings. The molecule has 0 aromatic heterocycles. The summed E-state index contributed by atoms with van der Waals surface area (Å²) >= 11 is 0. The zero-order valence-corrected chi connectivity index (χ0v) is 19.3. The Balaban J connectivity index is 0.00000114. The van der Waals surface area contributed by atoms with E-state index in [1.54, 1.807) is 4.90 Å². The van der Waals surface area contributed by atoms with Gasteiger partial charge in [-0.05, 0) is 62.3 Å². The molecule has 0 unspecified atom stereocenters. The van der Waals surface area contributed by atoms with Crippen molar-refractivity contribution >= 4 is 18.3 Å². The molecule has 2 aromatic carbocycles. The van der Waals surface area contributed by atoms with E-state index >= 15 is 0 Å². The zero-order chi connectivity index (χ0) is 23.3. The minimum atomic E-state index is -0.260. The summed E-state index contributed by atoms with van der Waals surface area (Å²) < 4.78 is 5.43. The molecule has 1 N–H and O–H groups in total. The van der Waals surface area contributed by atoms with Crippen molar-refractivity contribution in [3.63, 3.8) is 0 Å². The number of piperidine rings is 1. The van der Waals surface area contributed by atoms with Crippen LogP contribution in [0, 0.1) is 12.8 Å². The number of aldehydes is 1. The summed E-state index contributed by atoms with van der Waals surface area (Å²) in [4.78, 5) is 35.2. The van der Waals surface area contributed by atoms with Crippen molar-refractivity contribution in [2.75, 3.05) is 19.6 Å². The predicted molar refractivity (Wildman–Crippen MR) is 126 cm³/mol. The minimum Gasteiger partial charge on any atom is -0.445 e. The average Bonchev–Trinajstić information content (AvgIpc) is 2.83. The molecule has 0 radical (unpaired) electrons. The van der Waals surface area contributed by atoms with Gasteiger partial charge in [0.25, 0.3) is 5.91 Å². The van der Waals surface area contributed by atoms with Crippen molar-refractivity contribution < 1.29 is 19.1 Å². The highest BCUT2D eigenvalue weighted by Gasteiger charge is 2.24. The molecule has 3 rings (SSSR count). The van der Waals surface area contributed by atoms with Gasteiger partial charge in [0.15, 0.2) is 0 Å². The lowest BCUT2D eigenvalue weighted by molar-refractivity contribution is -0.106. The van der Waals surface area contributed by atoms with Gasteiger partial charge in [-0.25, -0.2) is 4.79 Å². The Bertz CT molecular complexity index is 854. The number of nitrogens with zero attached hydrogens (tertiary/aromatic N) is 1. The van der Waals surface area contributed by atoms with E-state index in [0.29, 0.717) is 37.7 Å². The molecule has 6 nitrogen and oxygen atoms in total. The third-order valence-electron chi connectivity index (χ3n) is 5.53. The molecule has 1 saturated heterocycles. The molecule has 1 aliphatic heterocycles. The van der Waals surface area contributed by atoms with Crippen LogP contribution >= 0.6 is 0 Å². The van der Waals surface area contributed by atoms with E-state index in [1.165, 1.54) is 18.1 Å². The average molecular weight is 439 g/mol. The smallest absolute Gasteiger partial charge is 0.410 e. The third kappa shape index (κ3) is 8.17. The first-order chi connectivity index (χ1) is 15.5. The standard InChI is InChI=1S/C24H30N2O3.C2H4O/c1-3-19-8-10-22(11-9-19)23(27)25-16-20-12-14-26(15-13-20)24(28)29-17-21-6-4-18(2)5-7-21;1-2-3/h4-11,20H,3,12-17H2,1-2H3,(H,25,27);2H,1H3. The number of rotatable bonds is 6. The Morgan fingerprint density at radius 3 is 2.16 bits per heavy atom. The molecule has 172 valence electrons. The number of benzene rings is 2. The lowest BCUT2D eigenvalue weighted by Gasteiger charge is -2.31. The van der Waals surface area contributed by atoms with Crippen molar-refractivity contribution in [3.05, 3.63) is 70.8 Å². The fourth-order valence-corrected chi connectivity index (χ4v) is 3.47. The van der Waals surface area contributed by atoms with Gasteiger partial charge in [-0.15, -0.1) is 0 Å². The molecule has 0 atom stereocenters. The number of hydrogen-bond acceptors (Lipinski definition) is 4. The normalized spacial score (nSPS) is 13.5. The maximum absolute atomic E-state index is 12.3. The van der Waals surface area contributed by atoms with E-state index < -0.39 is 0 Å². The molecule has 2 amide bonds. The van der Waals surface area contributed by atoms with Crippen LogP contribution in [0.2, 0.25) is 0 Å². The van der Waals surface area contributed by atoms with E-state index in [-0.39, 0.29) is 12.0 Å². The second-order valence-corrected chi connectivity index (χ2v) is 7.97. The second-order valence-electron chi connectivity index (χ2n) is 7.97. The SMILES string of the molecule is CC=O.CCc1ccc(C(=O)NCC2CCN(C(=O)OCc3ccc(C)cc3)CC2)cc1. The summed E-state index contributed by atoms with van der Waals surface area (Å²) in [6.07, 6.45) is 3.20. The van der Waals surface area contributed by atoms with Crippen LogP contribution in [-0.2, 0) is 22.6 Å². The molecule has 0 spiro atoms. The Kier molecular flexibility index (Phi) is 10.4. The van der Waals surface area contributed by atoms with Gasteiger partial charge in [-0.2, -0.15) is 0 Å². The third-order valence-corrected chi connectivity index (χ3v) is 5.53. The maximum atomic E-state index is 12.3. The summed E-state index contributed by atoms with van der Waals surface area (Å²) in [6, 6.07) is 15.7. The Hall–Kier alpha value is -3.15. The summed E-state index contributed by atoms with van der Waals surface area (Å²) in [5, 5.41) is 3.03. The van der Waals surface area contributed by atoms with Gasteiger partial charge in [-0.3, -0.25) is 4.79 Å². The van der Waals surface area contributed by atoms with Gasteiger partial charge < -0.3 is 19.7 Å². The highest BCUT2D eigenvalue weighted by atomic mass is 16.6. The van der Waals surface area contributed by atoms with Crippen LogP contribution in [0.5, 0.6) is 0 Å². The first-order valence-electron chi connectivity index (χ1n) is 11.2. The van der Waals surface area contributed by atoms with Crippen LogP contribution in [-0.4, -0.2) is 42.8 Å². The van der Waals surface area contributed by atoms with Gasteiger partial charge in [0.2, 0.25) is 0 Å². The molecular formula is C26H34N2O4. The predicted octanol–water partition coefficient (Wildman–Crippen LogP) is 4.54. The van der Waals surface area contributed by atoms with Gasteiger partial charge in [-0.1, -0.05) is 48.9 Å². The van der Waals surface area contributed by atoms with Crippen LogP contribution in [0.4, 0.5) is 4.79 Å². The molecule has 1 fully saturated rings. The number of amides is 2. The number of carbonyl (C=O) groups is 3. The van der Waals surface area contributed by atoms with E-state index in [2.05, 4.69) is 12.2 Å². The van der Waals surface area contributed by atoms with Crippen molar-refractivity contribution in [3.8, 4) is 0 Å². The lowest BCUT2D eigenvalue weighted by atomic mass is 9.97. The number of ether oxygens (including phenoxy) is 1. The Morgan fingerprint density at radius 1 is 1.03 bits per heavy atom. The molecule has 32 heavy (non-hydrogen) atoms. The fourth-order valence-electron chi connectivity index (χ4n) is 3.47. The molecule has 0 saturated carbocycles. The van der Waals surface area contributed by atoms with Crippen LogP contribution in [0.1, 0.15) is 53.7 Å². The van der Waals surface area contributed by atoms with Crippen LogP contribution in [0.25, 0.3) is 0 Å². The van der Waals surface area contributed by atoms with Crippen LogP contribution in [0.3, 0.4) is 0 Å². The van der Waals surface area contributed by atoms with E-state index in [9.17, 15) is 9.59 Å². The second kappa shape index (κ2) is 13.3. The Labute approximate surface area is 191 Å². The maximum Gasteiger partial charge on any atom is 0.410 e. The van der Waals surface area contributed by atoms with Crippen molar-refractivity contribution in [2.45, 2.75) is 46.6 Å². The van der Waals surface area contributed by atoms with Crippen molar-refractivity contribution in [1.82, 2.24) is 10.2 Å². The molecular weight excluding hydrogens is 404 g/mol. The van der Waals surface area contributed by atoms with E-state index in [4.69, 9.17) is 9.53 Å².